The number of aliphatic hydroxyl groups is 1. The van der Waals surface area contributed by atoms with Gasteiger partial charge in [0, 0.05) is 20.2 Å². The first kappa shape index (κ1) is 15.2. The smallest absolute Gasteiger partial charge is 0.361 e. The highest BCUT2D eigenvalue weighted by molar-refractivity contribution is 5.93. The predicted molar refractivity (Wildman–Crippen MR) is 74.4 cm³/mol. The molecule has 0 saturated heterocycles. The van der Waals surface area contributed by atoms with Crippen LogP contribution in [0.5, 0.6) is 0 Å². The lowest BCUT2D eigenvalue weighted by molar-refractivity contribution is 0.0520. The number of carbonyl (C=O) groups is 1. The molecule has 1 unspecified atom stereocenters. The van der Waals surface area contributed by atoms with Crippen LogP contribution in [0, 0.1) is 5.92 Å². The lowest BCUT2D eigenvalue weighted by Crippen LogP contribution is -2.15. The number of aryl methyl sites for hydroxylation is 1. The predicted octanol–water partition coefficient (Wildman–Crippen LogP) is 0.484. The van der Waals surface area contributed by atoms with Gasteiger partial charge in [0.15, 0.2) is 5.69 Å². The topological polar surface area (TPSA) is 95.1 Å². The number of ether oxygens (including phenoxy) is 1. The SMILES string of the molecule is CCOC(=O)c1nnn(CC(C)CO)c1-c1cncn1C. The van der Waals surface area contributed by atoms with E-state index in [9.17, 15) is 9.90 Å². The van der Waals surface area contributed by atoms with Gasteiger partial charge < -0.3 is 14.4 Å². The highest BCUT2D eigenvalue weighted by Crippen LogP contribution is 2.23. The first-order chi connectivity index (χ1) is 10.1. The minimum absolute atomic E-state index is 0.00581. The zero-order valence-corrected chi connectivity index (χ0v) is 12.4. The summed E-state index contributed by atoms with van der Waals surface area (Å²) < 4.78 is 8.40. The van der Waals surface area contributed by atoms with Gasteiger partial charge in [0.2, 0.25) is 0 Å². The van der Waals surface area contributed by atoms with Crippen molar-refractivity contribution in [2.24, 2.45) is 13.0 Å². The summed E-state index contributed by atoms with van der Waals surface area (Å²) >= 11 is 0. The van der Waals surface area contributed by atoms with Gasteiger partial charge in [0.1, 0.15) is 5.69 Å². The van der Waals surface area contributed by atoms with Gasteiger partial charge in [-0.3, -0.25) is 0 Å². The Labute approximate surface area is 122 Å². The van der Waals surface area contributed by atoms with Gasteiger partial charge in [-0.15, -0.1) is 5.10 Å². The average molecular weight is 293 g/mol. The van der Waals surface area contributed by atoms with Gasteiger partial charge in [0.25, 0.3) is 0 Å². The molecule has 0 aliphatic heterocycles. The fourth-order valence-electron chi connectivity index (χ4n) is 1.97. The third-order valence-electron chi connectivity index (χ3n) is 3.06. The number of aliphatic hydroxyl groups excluding tert-OH is 1. The molecule has 0 saturated carbocycles. The molecule has 21 heavy (non-hydrogen) atoms. The van der Waals surface area contributed by atoms with Crippen molar-refractivity contribution >= 4 is 5.97 Å². The number of aromatic nitrogens is 5. The lowest BCUT2D eigenvalue weighted by atomic mass is 10.2. The molecule has 0 bridgehead atoms. The van der Waals surface area contributed by atoms with E-state index in [1.165, 1.54) is 0 Å². The molecule has 0 fully saturated rings. The van der Waals surface area contributed by atoms with Crippen molar-refractivity contribution in [1.29, 1.82) is 0 Å². The Kier molecular flexibility index (Phi) is 4.69. The fraction of sp³-hybridized carbons (Fsp3) is 0.538. The van der Waals surface area contributed by atoms with Crippen molar-refractivity contribution in [2.75, 3.05) is 13.2 Å². The Morgan fingerprint density at radius 3 is 2.86 bits per heavy atom. The van der Waals surface area contributed by atoms with Crippen molar-refractivity contribution in [2.45, 2.75) is 20.4 Å². The van der Waals surface area contributed by atoms with E-state index in [4.69, 9.17) is 4.74 Å². The molecule has 8 heteroatoms. The molecule has 2 rings (SSSR count). The van der Waals surface area contributed by atoms with Crippen LogP contribution in [0.3, 0.4) is 0 Å². The third kappa shape index (κ3) is 3.10. The van der Waals surface area contributed by atoms with E-state index in [1.807, 2.05) is 14.0 Å². The Morgan fingerprint density at radius 2 is 2.29 bits per heavy atom. The molecule has 2 heterocycles. The van der Waals surface area contributed by atoms with Crippen LogP contribution in [0.25, 0.3) is 11.4 Å². The molecule has 2 aromatic rings. The summed E-state index contributed by atoms with van der Waals surface area (Å²) in [7, 11) is 1.82. The van der Waals surface area contributed by atoms with Crippen molar-refractivity contribution in [3.63, 3.8) is 0 Å². The molecular formula is C13H19N5O3. The molecule has 0 aromatic carbocycles. The standard InChI is InChI=1S/C13H19N5O3/c1-4-21-13(20)11-12(10-5-14-8-17(10)3)18(16-15-11)6-9(2)7-19/h5,8-9,19H,4,6-7H2,1-3H3. The summed E-state index contributed by atoms with van der Waals surface area (Å²) in [6.07, 6.45) is 3.28. The van der Waals surface area contributed by atoms with Gasteiger partial charge in [-0.2, -0.15) is 0 Å². The molecule has 2 aromatic heterocycles. The molecule has 8 nitrogen and oxygen atoms in total. The van der Waals surface area contributed by atoms with E-state index >= 15 is 0 Å². The van der Waals surface area contributed by atoms with Crippen LogP contribution in [-0.2, 0) is 18.3 Å². The van der Waals surface area contributed by atoms with Crippen molar-refractivity contribution in [3.8, 4) is 11.4 Å². The summed E-state index contributed by atoms with van der Waals surface area (Å²) in [6, 6.07) is 0. The summed E-state index contributed by atoms with van der Waals surface area (Å²) in [6.45, 7) is 4.37. The highest BCUT2D eigenvalue weighted by Gasteiger charge is 2.24. The Morgan fingerprint density at radius 1 is 1.52 bits per heavy atom. The first-order valence-electron chi connectivity index (χ1n) is 6.76. The zero-order valence-electron chi connectivity index (χ0n) is 12.4. The van der Waals surface area contributed by atoms with Gasteiger partial charge in [-0.25, -0.2) is 14.5 Å². The van der Waals surface area contributed by atoms with Crippen LogP contribution in [0.15, 0.2) is 12.5 Å². The maximum atomic E-state index is 12.0. The van der Waals surface area contributed by atoms with Crippen molar-refractivity contribution in [3.05, 3.63) is 18.2 Å². The van der Waals surface area contributed by atoms with Crippen molar-refractivity contribution in [1.82, 2.24) is 24.5 Å². The number of hydrogen-bond acceptors (Lipinski definition) is 6. The molecule has 114 valence electrons. The molecule has 1 N–H and O–H groups in total. The minimum atomic E-state index is -0.517. The molecule has 0 radical (unpaired) electrons. The minimum Gasteiger partial charge on any atom is -0.461 e. The highest BCUT2D eigenvalue weighted by atomic mass is 16.5. The quantitative estimate of drug-likeness (QED) is 0.779. The van der Waals surface area contributed by atoms with Crippen LogP contribution in [0.2, 0.25) is 0 Å². The monoisotopic (exact) mass is 293 g/mol. The van der Waals surface area contributed by atoms with Crippen LogP contribution >= 0.6 is 0 Å². The molecule has 1 atom stereocenters. The summed E-state index contributed by atoms with van der Waals surface area (Å²) in [5.74, 6) is -0.523. The number of rotatable bonds is 6. The molecule has 0 spiro atoms. The maximum absolute atomic E-state index is 12.0. The molecular weight excluding hydrogens is 274 g/mol. The second-order valence-electron chi connectivity index (χ2n) is 4.87. The molecule has 0 amide bonds. The molecule has 0 aliphatic rings. The number of carbonyl (C=O) groups excluding carboxylic acids is 1. The second-order valence-corrected chi connectivity index (χ2v) is 4.87. The summed E-state index contributed by atoms with van der Waals surface area (Å²) in [5.41, 5.74) is 1.42. The van der Waals surface area contributed by atoms with Crippen LogP contribution < -0.4 is 0 Å². The number of nitrogens with zero attached hydrogens (tertiary/aromatic N) is 5. The van der Waals surface area contributed by atoms with E-state index in [2.05, 4.69) is 15.3 Å². The lowest BCUT2D eigenvalue weighted by Gasteiger charge is -2.11. The summed E-state index contributed by atoms with van der Waals surface area (Å²) in [4.78, 5) is 16.1. The number of esters is 1. The summed E-state index contributed by atoms with van der Waals surface area (Å²) in [5, 5.41) is 17.2. The second kappa shape index (κ2) is 6.49. The van der Waals surface area contributed by atoms with Crippen LogP contribution in [0.1, 0.15) is 24.3 Å². The van der Waals surface area contributed by atoms with E-state index in [1.54, 1.807) is 28.7 Å². The normalized spacial score (nSPS) is 12.4. The van der Waals surface area contributed by atoms with Gasteiger partial charge in [-0.1, -0.05) is 12.1 Å². The number of imidazole rings is 1. The largest absolute Gasteiger partial charge is 0.461 e. The van der Waals surface area contributed by atoms with Gasteiger partial charge in [-0.05, 0) is 12.8 Å². The van der Waals surface area contributed by atoms with Crippen molar-refractivity contribution < 1.29 is 14.6 Å². The Hall–Kier alpha value is -2.22. The Balaban J connectivity index is 2.48. The molecule has 0 aliphatic carbocycles. The zero-order chi connectivity index (χ0) is 15.4. The van der Waals surface area contributed by atoms with Crippen LogP contribution in [-0.4, -0.2) is 48.8 Å². The van der Waals surface area contributed by atoms with Gasteiger partial charge in [0.05, 0.1) is 24.8 Å². The van der Waals surface area contributed by atoms with Crippen LogP contribution in [0.4, 0.5) is 0 Å². The number of hydrogen-bond donors (Lipinski definition) is 1. The van der Waals surface area contributed by atoms with E-state index in [-0.39, 0.29) is 24.8 Å². The first-order valence-corrected chi connectivity index (χ1v) is 6.76. The van der Waals surface area contributed by atoms with E-state index < -0.39 is 5.97 Å². The maximum Gasteiger partial charge on any atom is 0.361 e. The Bertz CT molecular complexity index is 619. The van der Waals surface area contributed by atoms with Gasteiger partial charge >= 0.3 is 5.97 Å². The fourth-order valence-corrected chi connectivity index (χ4v) is 1.97. The third-order valence-corrected chi connectivity index (χ3v) is 3.06. The van der Waals surface area contributed by atoms with E-state index in [0.717, 1.165) is 0 Å². The average Bonchev–Trinajstić information content (AvgIpc) is 3.05. The van der Waals surface area contributed by atoms with E-state index in [0.29, 0.717) is 17.9 Å².